The van der Waals surface area contributed by atoms with Gasteiger partial charge in [0.25, 0.3) is 0 Å². The average molecular weight is 226 g/mol. The zero-order valence-corrected chi connectivity index (χ0v) is 11.0. The van der Waals surface area contributed by atoms with Gasteiger partial charge in [-0.3, -0.25) is 4.79 Å². The third-order valence-corrected chi connectivity index (χ3v) is 2.47. The molecule has 0 heterocycles. The molecule has 0 fully saturated rings. The molecule has 0 aromatic heterocycles. The van der Waals surface area contributed by atoms with E-state index in [4.69, 9.17) is 4.74 Å². The minimum absolute atomic E-state index is 0.0770. The molecule has 0 bridgehead atoms. The Balaban J connectivity index is 3.23. The van der Waals surface area contributed by atoms with E-state index in [2.05, 4.69) is 19.1 Å². The second-order valence-corrected chi connectivity index (χ2v) is 4.32. The summed E-state index contributed by atoms with van der Waals surface area (Å²) in [6, 6.07) is 0. The highest BCUT2D eigenvalue weighted by Gasteiger charge is 2.03. The molecular weight excluding hydrogens is 200 g/mol. The molecule has 0 aromatic rings. The van der Waals surface area contributed by atoms with E-state index in [-0.39, 0.29) is 12.1 Å². The quantitative estimate of drug-likeness (QED) is 0.334. The van der Waals surface area contributed by atoms with Crippen molar-refractivity contribution >= 4 is 5.97 Å². The third-order valence-electron chi connectivity index (χ3n) is 2.47. The Morgan fingerprint density at radius 2 is 1.88 bits per heavy atom. The Morgan fingerprint density at radius 3 is 2.50 bits per heavy atom. The molecule has 2 heteroatoms. The number of unbranched alkanes of at least 4 members (excludes halogenated alkanes) is 4. The van der Waals surface area contributed by atoms with Gasteiger partial charge in [0.05, 0.1) is 6.10 Å². The number of esters is 1. The van der Waals surface area contributed by atoms with Crippen LogP contribution in [0.3, 0.4) is 0 Å². The van der Waals surface area contributed by atoms with Crippen LogP contribution in [0.2, 0.25) is 0 Å². The maximum atomic E-state index is 10.7. The maximum Gasteiger partial charge on any atom is 0.302 e. The lowest BCUT2D eigenvalue weighted by molar-refractivity contribution is -0.145. The molecule has 0 saturated heterocycles. The highest BCUT2D eigenvalue weighted by molar-refractivity contribution is 5.66. The van der Waals surface area contributed by atoms with E-state index in [0.717, 1.165) is 12.8 Å². The van der Waals surface area contributed by atoms with Crippen LogP contribution in [0.1, 0.15) is 65.7 Å². The number of allylic oxidation sites excluding steroid dienone is 2. The average Bonchev–Trinajstić information content (AvgIpc) is 2.21. The van der Waals surface area contributed by atoms with Crippen molar-refractivity contribution in [3.63, 3.8) is 0 Å². The summed E-state index contributed by atoms with van der Waals surface area (Å²) in [5.41, 5.74) is 0. The Bertz CT molecular complexity index is 197. The minimum atomic E-state index is -0.171. The van der Waals surface area contributed by atoms with E-state index in [1.54, 1.807) is 0 Å². The molecule has 0 spiro atoms. The molecule has 0 N–H and O–H groups in total. The lowest BCUT2D eigenvalue weighted by Gasteiger charge is -2.10. The van der Waals surface area contributed by atoms with Crippen LogP contribution in [0.15, 0.2) is 12.2 Å². The van der Waals surface area contributed by atoms with Gasteiger partial charge in [0.15, 0.2) is 0 Å². The summed E-state index contributed by atoms with van der Waals surface area (Å²) in [5.74, 6) is -0.171. The van der Waals surface area contributed by atoms with Crippen molar-refractivity contribution in [1.82, 2.24) is 0 Å². The molecule has 0 rings (SSSR count). The van der Waals surface area contributed by atoms with Gasteiger partial charge >= 0.3 is 5.97 Å². The highest BCUT2D eigenvalue weighted by atomic mass is 16.5. The van der Waals surface area contributed by atoms with Crippen molar-refractivity contribution < 1.29 is 9.53 Å². The summed E-state index contributed by atoms with van der Waals surface area (Å²) in [6.07, 6.45) is 12.8. The van der Waals surface area contributed by atoms with E-state index < -0.39 is 0 Å². The van der Waals surface area contributed by atoms with Crippen LogP contribution in [0.25, 0.3) is 0 Å². The number of carbonyl (C=O) groups excluding carboxylic acids is 1. The summed E-state index contributed by atoms with van der Waals surface area (Å²) < 4.78 is 5.06. The summed E-state index contributed by atoms with van der Waals surface area (Å²) in [6.45, 7) is 5.62. The summed E-state index contributed by atoms with van der Waals surface area (Å²) in [4.78, 5) is 10.7. The van der Waals surface area contributed by atoms with Gasteiger partial charge in [-0.15, -0.1) is 0 Å². The molecule has 94 valence electrons. The standard InChI is InChI=1S/C14H26O2/c1-4-5-6-7-8-9-10-11-12-13(2)16-14(3)15/h6-7,13H,4-5,8-12H2,1-3H3. The molecule has 1 atom stereocenters. The van der Waals surface area contributed by atoms with Crippen LogP contribution in [-0.2, 0) is 9.53 Å². The fourth-order valence-corrected chi connectivity index (χ4v) is 1.62. The van der Waals surface area contributed by atoms with Crippen LogP contribution in [0.4, 0.5) is 0 Å². The van der Waals surface area contributed by atoms with E-state index in [1.165, 1.54) is 39.0 Å². The van der Waals surface area contributed by atoms with Crippen molar-refractivity contribution in [3.8, 4) is 0 Å². The van der Waals surface area contributed by atoms with Gasteiger partial charge in [-0.25, -0.2) is 0 Å². The van der Waals surface area contributed by atoms with Gasteiger partial charge in [0, 0.05) is 6.92 Å². The second kappa shape index (κ2) is 10.7. The number of hydrogen-bond donors (Lipinski definition) is 0. The van der Waals surface area contributed by atoms with Crippen molar-refractivity contribution in [2.45, 2.75) is 71.8 Å². The maximum absolute atomic E-state index is 10.7. The molecule has 16 heavy (non-hydrogen) atoms. The minimum Gasteiger partial charge on any atom is -0.463 e. The molecule has 0 aliphatic carbocycles. The first-order chi connectivity index (χ1) is 7.66. The van der Waals surface area contributed by atoms with Crippen molar-refractivity contribution in [2.75, 3.05) is 0 Å². The fraction of sp³-hybridized carbons (Fsp3) is 0.786. The van der Waals surface area contributed by atoms with Crippen LogP contribution in [0, 0.1) is 0 Å². The van der Waals surface area contributed by atoms with Crippen LogP contribution >= 0.6 is 0 Å². The summed E-state index contributed by atoms with van der Waals surface area (Å²) in [7, 11) is 0. The number of hydrogen-bond acceptors (Lipinski definition) is 2. The molecule has 2 nitrogen and oxygen atoms in total. The van der Waals surface area contributed by atoms with E-state index in [1.807, 2.05) is 6.92 Å². The van der Waals surface area contributed by atoms with E-state index in [9.17, 15) is 4.79 Å². The monoisotopic (exact) mass is 226 g/mol. The van der Waals surface area contributed by atoms with Gasteiger partial charge < -0.3 is 4.74 Å². The van der Waals surface area contributed by atoms with Gasteiger partial charge in [-0.1, -0.05) is 31.9 Å². The number of ether oxygens (including phenoxy) is 1. The molecule has 0 radical (unpaired) electrons. The van der Waals surface area contributed by atoms with Crippen LogP contribution < -0.4 is 0 Å². The Morgan fingerprint density at radius 1 is 1.19 bits per heavy atom. The molecule has 1 unspecified atom stereocenters. The molecular formula is C14H26O2. The second-order valence-electron chi connectivity index (χ2n) is 4.32. The summed E-state index contributed by atoms with van der Waals surface area (Å²) in [5, 5.41) is 0. The van der Waals surface area contributed by atoms with Gasteiger partial charge in [-0.05, 0) is 39.0 Å². The Kier molecular flexibility index (Phi) is 10.2. The fourth-order valence-electron chi connectivity index (χ4n) is 1.62. The predicted molar refractivity (Wildman–Crippen MR) is 68.4 cm³/mol. The van der Waals surface area contributed by atoms with Crippen molar-refractivity contribution in [2.24, 2.45) is 0 Å². The van der Waals surface area contributed by atoms with Gasteiger partial charge in [-0.2, -0.15) is 0 Å². The van der Waals surface area contributed by atoms with Gasteiger partial charge in [0.2, 0.25) is 0 Å². The first kappa shape index (κ1) is 15.2. The predicted octanol–water partition coefficient (Wildman–Crippen LogP) is 4.24. The Labute approximate surface area is 100 Å². The molecule has 0 aliphatic rings. The largest absolute Gasteiger partial charge is 0.463 e. The van der Waals surface area contributed by atoms with E-state index in [0.29, 0.717) is 0 Å². The normalized spacial score (nSPS) is 12.9. The van der Waals surface area contributed by atoms with Gasteiger partial charge in [0.1, 0.15) is 0 Å². The molecule has 0 aromatic carbocycles. The van der Waals surface area contributed by atoms with Crippen LogP contribution in [-0.4, -0.2) is 12.1 Å². The van der Waals surface area contributed by atoms with Crippen molar-refractivity contribution in [1.29, 1.82) is 0 Å². The summed E-state index contributed by atoms with van der Waals surface area (Å²) >= 11 is 0. The van der Waals surface area contributed by atoms with Crippen molar-refractivity contribution in [3.05, 3.63) is 12.2 Å². The number of carbonyl (C=O) groups is 1. The van der Waals surface area contributed by atoms with E-state index >= 15 is 0 Å². The first-order valence-corrected chi connectivity index (χ1v) is 6.49. The van der Waals surface area contributed by atoms with Crippen LogP contribution in [0.5, 0.6) is 0 Å². The SMILES string of the molecule is CCCC=CCCCCCC(C)OC(C)=O. The topological polar surface area (TPSA) is 26.3 Å². The first-order valence-electron chi connectivity index (χ1n) is 6.49. The molecule has 0 saturated carbocycles. The molecule has 0 amide bonds. The highest BCUT2D eigenvalue weighted by Crippen LogP contribution is 2.08. The lowest BCUT2D eigenvalue weighted by Crippen LogP contribution is -2.11. The Hall–Kier alpha value is -0.790. The number of rotatable bonds is 9. The zero-order chi connectivity index (χ0) is 12.2. The smallest absolute Gasteiger partial charge is 0.302 e. The molecule has 0 aliphatic heterocycles. The zero-order valence-electron chi connectivity index (χ0n) is 11.0. The third kappa shape index (κ3) is 11.3. The lowest BCUT2D eigenvalue weighted by atomic mass is 10.1.